The summed E-state index contributed by atoms with van der Waals surface area (Å²) in [5, 5.41) is 2.97. The summed E-state index contributed by atoms with van der Waals surface area (Å²) in [6, 6.07) is 6.18. The summed E-state index contributed by atoms with van der Waals surface area (Å²) in [6.07, 6.45) is 2.52. The fraction of sp³-hybridized carbons (Fsp3) is 0.500. The van der Waals surface area contributed by atoms with E-state index < -0.39 is 9.70 Å². The van der Waals surface area contributed by atoms with Gasteiger partial charge < -0.3 is 0 Å². The Labute approximate surface area is 160 Å². The number of thiazole rings is 1. The number of likely N-dealkylation sites (tertiary alicyclic amines) is 1. The van der Waals surface area contributed by atoms with Crippen LogP contribution in [0.1, 0.15) is 25.3 Å². The number of alkyl halides is 3. The molecule has 0 aliphatic carbocycles. The van der Waals surface area contributed by atoms with Crippen LogP contribution in [0.2, 0.25) is 0 Å². The van der Waals surface area contributed by atoms with E-state index in [1.807, 2.05) is 6.07 Å². The molecular formula is C16H18Cl3N3OS. The van der Waals surface area contributed by atoms with Gasteiger partial charge in [-0.25, -0.2) is 4.98 Å². The van der Waals surface area contributed by atoms with Gasteiger partial charge in [0.25, 0.3) is 9.70 Å². The molecule has 4 nitrogen and oxygen atoms in total. The van der Waals surface area contributed by atoms with Crippen LogP contribution in [0.4, 0.5) is 5.13 Å². The number of anilines is 1. The molecule has 1 aliphatic heterocycles. The number of hydrogen-bond donors (Lipinski definition) is 1. The van der Waals surface area contributed by atoms with Gasteiger partial charge in [0, 0.05) is 6.54 Å². The minimum absolute atomic E-state index is 0.435. The zero-order chi connectivity index (χ0) is 17.3. The normalized spacial score (nSPS) is 17.3. The summed E-state index contributed by atoms with van der Waals surface area (Å²) in [6.45, 7) is 5.54. The summed E-state index contributed by atoms with van der Waals surface area (Å²) < 4.78 is -0.980. The molecule has 3 rings (SSSR count). The second-order valence-corrected chi connectivity index (χ2v) is 9.54. The number of carbonyl (C=O) groups excluding carboxylic acids is 1. The number of aromatic nitrogens is 1. The quantitative estimate of drug-likeness (QED) is 0.742. The van der Waals surface area contributed by atoms with Crippen LogP contribution in [0.3, 0.4) is 0 Å². The molecule has 1 saturated heterocycles. The maximum Gasteiger partial charge on any atom is 0.278 e. The van der Waals surface area contributed by atoms with Gasteiger partial charge in [0.05, 0.1) is 10.2 Å². The van der Waals surface area contributed by atoms with Gasteiger partial charge in [0.1, 0.15) is 0 Å². The van der Waals surface area contributed by atoms with Crippen molar-refractivity contribution in [2.24, 2.45) is 5.92 Å². The van der Waals surface area contributed by atoms with Crippen LogP contribution in [-0.2, 0) is 11.3 Å². The molecule has 1 amide bonds. The van der Waals surface area contributed by atoms with Gasteiger partial charge in [-0.1, -0.05) is 59.1 Å². The average molecular weight is 407 g/mol. The molecule has 0 unspecified atom stereocenters. The highest BCUT2D eigenvalue weighted by atomic mass is 35.6. The van der Waals surface area contributed by atoms with Crippen LogP contribution in [0.25, 0.3) is 10.2 Å². The minimum Gasteiger partial charge on any atom is -0.299 e. The molecule has 0 spiro atoms. The van der Waals surface area contributed by atoms with Gasteiger partial charge in [-0.3, -0.25) is 15.0 Å². The molecule has 1 N–H and O–H groups in total. The molecule has 0 radical (unpaired) electrons. The van der Waals surface area contributed by atoms with Gasteiger partial charge in [0.2, 0.25) is 0 Å². The Balaban J connectivity index is 1.71. The van der Waals surface area contributed by atoms with E-state index in [1.54, 1.807) is 0 Å². The van der Waals surface area contributed by atoms with Gasteiger partial charge in [0.15, 0.2) is 5.13 Å². The number of piperidine rings is 1. The van der Waals surface area contributed by atoms with Crippen LogP contribution < -0.4 is 5.32 Å². The van der Waals surface area contributed by atoms with Crippen LogP contribution in [0.15, 0.2) is 18.2 Å². The van der Waals surface area contributed by atoms with E-state index in [1.165, 1.54) is 29.7 Å². The number of benzene rings is 1. The molecule has 0 atom stereocenters. The molecule has 1 aliphatic rings. The number of hydrogen-bond acceptors (Lipinski definition) is 4. The van der Waals surface area contributed by atoms with Crippen LogP contribution in [0, 0.1) is 5.92 Å². The molecule has 1 fully saturated rings. The standard InChI is InChI=1S/C16H18Cl3N3OS/c1-10-4-6-22(7-5-10)9-11-2-3-12-13(8-11)24-15(20-12)21-14(23)16(17,18)19/h2-3,8,10H,4-7,9H2,1H3,(H,20,21,23). The first-order valence-electron chi connectivity index (χ1n) is 7.81. The number of fused-ring (bicyclic) bond motifs is 1. The van der Waals surface area contributed by atoms with E-state index in [0.29, 0.717) is 5.13 Å². The Hall–Kier alpha value is -0.590. The van der Waals surface area contributed by atoms with Crippen molar-refractivity contribution < 1.29 is 4.79 Å². The molecule has 2 aromatic rings. The number of amides is 1. The second kappa shape index (κ2) is 7.34. The van der Waals surface area contributed by atoms with Gasteiger partial charge in [-0.15, -0.1) is 0 Å². The van der Waals surface area contributed by atoms with Crippen LogP contribution >= 0.6 is 46.1 Å². The number of nitrogens with zero attached hydrogens (tertiary/aromatic N) is 2. The van der Waals surface area contributed by atoms with Crippen molar-refractivity contribution in [1.29, 1.82) is 0 Å². The van der Waals surface area contributed by atoms with E-state index in [-0.39, 0.29) is 0 Å². The third kappa shape index (κ3) is 4.52. The van der Waals surface area contributed by atoms with Crippen molar-refractivity contribution >= 4 is 67.4 Å². The number of carbonyl (C=O) groups is 1. The Morgan fingerprint density at radius 2 is 2.08 bits per heavy atom. The summed E-state index contributed by atoms with van der Waals surface area (Å²) in [5.74, 6) is 0.128. The largest absolute Gasteiger partial charge is 0.299 e. The number of rotatable bonds is 3. The zero-order valence-corrected chi connectivity index (χ0v) is 16.3. The van der Waals surface area contributed by atoms with Crippen LogP contribution in [0.5, 0.6) is 0 Å². The Morgan fingerprint density at radius 1 is 1.38 bits per heavy atom. The van der Waals surface area contributed by atoms with E-state index >= 15 is 0 Å². The summed E-state index contributed by atoms with van der Waals surface area (Å²) >= 11 is 18.1. The Morgan fingerprint density at radius 3 is 2.75 bits per heavy atom. The second-order valence-electron chi connectivity index (χ2n) is 6.23. The first-order chi connectivity index (χ1) is 11.3. The van der Waals surface area contributed by atoms with E-state index in [4.69, 9.17) is 34.8 Å². The molecule has 0 saturated carbocycles. The fourth-order valence-electron chi connectivity index (χ4n) is 2.77. The van der Waals surface area contributed by atoms with E-state index in [9.17, 15) is 4.79 Å². The molecular weight excluding hydrogens is 389 g/mol. The van der Waals surface area contributed by atoms with Gasteiger partial charge >= 0.3 is 0 Å². The molecule has 1 aromatic heterocycles. The first kappa shape index (κ1) is 18.2. The van der Waals surface area contributed by atoms with Gasteiger partial charge in [-0.2, -0.15) is 0 Å². The van der Waals surface area contributed by atoms with E-state index in [2.05, 4.69) is 34.3 Å². The van der Waals surface area contributed by atoms with Crippen molar-refractivity contribution in [2.75, 3.05) is 18.4 Å². The topological polar surface area (TPSA) is 45.2 Å². The Bertz CT molecular complexity index is 736. The molecule has 1 aromatic carbocycles. The van der Waals surface area contributed by atoms with Crippen molar-refractivity contribution in [3.63, 3.8) is 0 Å². The fourth-order valence-corrected chi connectivity index (χ4v) is 3.83. The minimum atomic E-state index is -1.99. The highest BCUT2D eigenvalue weighted by molar-refractivity contribution is 7.22. The number of nitrogens with one attached hydrogen (secondary N) is 1. The lowest BCUT2D eigenvalue weighted by Gasteiger charge is -2.30. The molecule has 130 valence electrons. The Kier molecular flexibility index (Phi) is 5.57. The molecule has 2 heterocycles. The lowest BCUT2D eigenvalue weighted by molar-refractivity contribution is -0.115. The summed E-state index contributed by atoms with van der Waals surface area (Å²) in [5.41, 5.74) is 2.08. The maximum atomic E-state index is 11.7. The third-order valence-electron chi connectivity index (χ3n) is 4.21. The monoisotopic (exact) mass is 405 g/mol. The predicted octanol–water partition coefficient (Wildman–Crippen LogP) is 4.84. The third-order valence-corrected chi connectivity index (χ3v) is 5.66. The van der Waals surface area contributed by atoms with Gasteiger partial charge in [-0.05, 0) is 49.5 Å². The highest BCUT2D eigenvalue weighted by Crippen LogP contribution is 2.31. The summed E-state index contributed by atoms with van der Waals surface area (Å²) in [4.78, 5) is 18.6. The molecule has 24 heavy (non-hydrogen) atoms. The molecule has 8 heteroatoms. The lowest BCUT2D eigenvalue weighted by atomic mass is 9.99. The van der Waals surface area contributed by atoms with Crippen molar-refractivity contribution in [1.82, 2.24) is 9.88 Å². The smallest absolute Gasteiger partial charge is 0.278 e. The van der Waals surface area contributed by atoms with Crippen molar-refractivity contribution in [2.45, 2.75) is 30.1 Å². The molecule has 0 bridgehead atoms. The van der Waals surface area contributed by atoms with Crippen LogP contribution in [-0.4, -0.2) is 32.7 Å². The van der Waals surface area contributed by atoms with E-state index in [0.717, 1.165) is 35.8 Å². The van der Waals surface area contributed by atoms with Crippen molar-refractivity contribution in [3.8, 4) is 0 Å². The predicted molar refractivity (Wildman–Crippen MR) is 102 cm³/mol. The maximum absolute atomic E-state index is 11.7. The zero-order valence-electron chi connectivity index (χ0n) is 13.2. The first-order valence-corrected chi connectivity index (χ1v) is 9.76. The average Bonchev–Trinajstić information content (AvgIpc) is 2.90. The SMILES string of the molecule is CC1CCN(Cc2ccc3nc(NC(=O)C(Cl)(Cl)Cl)sc3c2)CC1. The number of halogens is 3. The highest BCUT2D eigenvalue weighted by Gasteiger charge is 2.31. The lowest BCUT2D eigenvalue weighted by Crippen LogP contribution is -2.32. The summed E-state index contributed by atoms with van der Waals surface area (Å²) in [7, 11) is 0. The van der Waals surface area contributed by atoms with Crippen molar-refractivity contribution in [3.05, 3.63) is 23.8 Å².